The maximum atomic E-state index is 13.8. The molecule has 0 fully saturated rings. The molecule has 9 heteroatoms. The summed E-state index contributed by atoms with van der Waals surface area (Å²) >= 11 is 0. The van der Waals surface area contributed by atoms with E-state index in [4.69, 9.17) is 10.8 Å². The normalized spacial score (nSPS) is 10.6. The lowest BCUT2D eigenvalue weighted by Gasteiger charge is -2.13. The number of carbonyl (C=O) groups excluding carboxylic acids is 1. The Morgan fingerprint density at radius 1 is 0.952 bits per heavy atom. The second-order valence-electron chi connectivity index (χ2n) is 11.3. The molecule has 0 saturated heterocycles. The number of hydrogen-bond donors (Lipinski definition) is 2. The van der Waals surface area contributed by atoms with Crippen LogP contribution in [0.15, 0.2) is 47.4 Å². The quantitative estimate of drug-likeness (QED) is 0.337. The zero-order valence-electron chi connectivity index (χ0n) is 26.1. The van der Waals surface area contributed by atoms with Crippen LogP contribution in [0, 0.1) is 38.3 Å². The van der Waals surface area contributed by atoms with Crippen molar-refractivity contribution in [3.63, 3.8) is 0 Å². The number of halogens is 2. The first-order chi connectivity index (χ1) is 19.5. The summed E-state index contributed by atoms with van der Waals surface area (Å²) in [5, 5.41) is 8.69. The third-order valence-corrected chi connectivity index (χ3v) is 6.08. The molecule has 0 atom stereocenters. The number of benzene rings is 2. The molecule has 0 spiro atoms. The van der Waals surface area contributed by atoms with E-state index < -0.39 is 23.5 Å². The molecule has 42 heavy (non-hydrogen) atoms. The molecule has 7 nitrogen and oxygen atoms in total. The topological polar surface area (TPSA) is 106 Å². The summed E-state index contributed by atoms with van der Waals surface area (Å²) in [7, 11) is 3.99. The molecular formula is C33H45F2N3O4. The van der Waals surface area contributed by atoms with Crippen molar-refractivity contribution in [2.24, 2.45) is 11.7 Å². The Balaban J connectivity index is 0.000000379. The molecule has 0 aliphatic carbocycles. The van der Waals surface area contributed by atoms with E-state index in [2.05, 4.69) is 25.7 Å². The lowest BCUT2D eigenvalue weighted by Crippen LogP contribution is -2.28. The van der Waals surface area contributed by atoms with E-state index in [1.165, 1.54) is 10.6 Å². The van der Waals surface area contributed by atoms with Gasteiger partial charge in [0.2, 0.25) is 5.91 Å². The third-order valence-electron chi connectivity index (χ3n) is 6.08. The zero-order valence-corrected chi connectivity index (χ0v) is 26.1. The Kier molecular flexibility index (Phi) is 14.8. The minimum absolute atomic E-state index is 0.0309. The van der Waals surface area contributed by atoms with Crippen molar-refractivity contribution in [1.29, 1.82) is 0 Å². The van der Waals surface area contributed by atoms with Crippen LogP contribution in [-0.2, 0) is 29.0 Å². The van der Waals surface area contributed by atoms with Crippen LogP contribution in [0.1, 0.15) is 55.0 Å². The first kappa shape index (κ1) is 36.2. The average Bonchev–Trinajstić information content (AvgIpc) is 2.85. The number of pyridine rings is 1. The predicted molar refractivity (Wildman–Crippen MR) is 165 cm³/mol. The van der Waals surface area contributed by atoms with Gasteiger partial charge >= 0.3 is 5.97 Å². The number of amides is 1. The third kappa shape index (κ3) is 12.3. The van der Waals surface area contributed by atoms with Crippen LogP contribution in [0.4, 0.5) is 8.78 Å². The largest absolute Gasteiger partial charge is 0.481 e. The molecule has 3 N–H and O–H groups in total. The summed E-state index contributed by atoms with van der Waals surface area (Å²) in [5.41, 5.74) is 10.4. The SMILES string of the molecule is CC(C)C.Cc1cc(=O)n(CC(N)=O)cc1CCN(C)C.Cc1cccc(C)c1-c1cc(F)c(F)c(CCC(=O)O)c1. The number of carboxylic acids is 1. The van der Waals surface area contributed by atoms with Crippen molar-refractivity contribution in [2.45, 2.75) is 67.3 Å². The molecule has 2 aromatic carbocycles. The highest BCUT2D eigenvalue weighted by atomic mass is 19.2. The molecule has 0 radical (unpaired) electrons. The summed E-state index contributed by atoms with van der Waals surface area (Å²) < 4.78 is 28.9. The highest BCUT2D eigenvalue weighted by Crippen LogP contribution is 2.30. The van der Waals surface area contributed by atoms with Crippen LogP contribution >= 0.6 is 0 Å². The lowest BCUT2D eigenvalue weighted by molar-refractivity contribution is -0.137. The fourth-order valence-electron chi connectivity index (χ4n) is 4.10. The summed E-state index contributed by atoms with van der Waals surface area (Å²) in [4.78, 5) is 35.1. The molecule has 1 heterocycles. The zero-order chi connectivity index (χ0) is 32.1. The summed E-state index contributed by atoms with van der Waals surface area (Å²) in [6.45, 7) is 13.0. The average molecular weight is 586 g/mol. The first-order valence-electron chi connectivity index (χ1n) is 13.9. The number of hydrogen-bond acceptors (Lipinski definition) is 4. The monoisotopic (exact) mass is 585 g/mol. The minimum atomic E-state index is -1.03. The fourth-order valence-corrected chi connectivity index (χ4v) is 4.10. The molecule has 1 aromatic heterocycles. The molecule has 0 bridgehead atoms. The Morgan fingerprint density at radius 3 is 2.02 bits per heavy atom. The molecule has 230 valence electrons. The molecule has 0 aliphatic rings. The van der Waals surface area contributed by atoms with E-state index in [0.29, 0.717) is 5.56 Å². The van der Waals surface area contributed by atoms with Gasteiger partial charge in [-0.25, -0.2) is 8.78 Å². The van der Waals surface area contributed by atoms with E-state index >= 15 is 0 Å². The van der Waals surface area contributed by atoms with Crippen molar-refractivity contribution in [1.82, 2.24) is 9.47 Å². The minimum Gasteiger partial charge on any atom is -0.481 e. The van der Waals surface area contributed by atoms with E-state index in [-0.39, 0.29) is 30.5 Å². The van der Waals surface area contributed by atoms with Crippen molar-refractivity contribution in [3.8, 4) is 11.1 Å². The number of likely N-dealkylation sites (N-methyl/N-ethyl adjacent to an activating group) is 1. The second-order valence-corrected chi connectivity index (χ2v) is 11.3. The van der Waals surface area contributed by atoms with Crippen LogP contribution in [0.3, 0.4) is 0 Å². The second kappa shape index (κ2) is 17.2. The molecule has 0 aliphatic heterocycles. The highest BCUT2D eigenvalue weighted by Gasteiger charge is 2.15. The van der Waals surface area contributed by atoms with Crippen molar-refractivity contribution in [2.75, 3.05) is 20.6 Å². The van der Waals surface area contributed by atoms with Gasteiger partial charge in [-0.05, 0) is 105 Å². The highest BCUT2D eigenvalue weighted by molar-refractivity contribution is 5.73. The van der Waals surface area contributed by atoms with Gasteiger partial charge < -0.3 is 20.3 Å². The Labute approximate surface area is 248 Å². The smallest absolute Gasteiger partial charge is 0.303 e. The number of aliphatic carboxylic acids is 1. The molecular weight excluding hydrogens is 540 g/mol. The maximum absolute atomic E-state index is 13.8. The number of primary amides is 1. The van der Waals surface area contributed by atoms with Crippen LogP contribution < -0.4 is 11.3 Å². The van der Waals surface area contributed by atoms with E-state index in [1.54, 1.807) is 12.3 Å². The standard InChI is InChI=1S/C17H16F2O2.C12H19N3O2.C4H10/c1-10-4-3-5-11(2)16(10)13-8-12(6-7-15(20)21)17(19)14(18)9-13;1-9-6-12(17)15(8-11(13)16)7-10(9)4-5-14(2)3;1-4(2)3/h3-5,8-9H,6-7H2,1-2H3,(H,20,21);6-7H,4-5,8H2,1-3H3,(H2,13,16);4H,1-3H3. The molecule has 3 aromatic rings. The van der Waals surface area contributed by atoms with E-state index in [1.807, 2.05) is 53.1 Å². The maximum Gasteiger partial charge on any atom is 0.303 e. The molecule has 0 unspecified atom stereocenters. The Bertz CT molecular complexity index is 1390. The van der Waals surface area contributed by atoms with Crippen molar-refractivity contribution >= 4 is 11.9 Å². The molecule has 0 saturated carbocycles. The van der Waals surface area contributed by atoms with Gasteiger partial charge in [0, 0.05) is 25.2 Å². The number of rotatable bonds is 9. The van der Waals surface area contributed by atoms with Gasteiger partial charge in [0.15, 0.2) is 11.6 Å². The number of nitrogens with two attached hydrogens (primary N) is 1. The Hall–Kier alpha value is -3.85. The summed E-state index contributed by atoms with van der Waals surface area (Å²) in [6.07, 6.45) is 2.31. The van der Waals surface area contributed by atoms with Gasteiger partial charge in [-0.2, -0.15) is 0 Å². The number of aromatic nitrogens is 1. The van der Waals surface area contributed by atoms with Crippen LogP contribution in [0.2, 0.25) is 0 Å². The predicted octanol–water partition coefficient (Wildman–Crippen LogP) is 5.67. The molecule has 3 rings (SSSR count). The van der Waals surface area contributed by atoms with Crippen LogP contribution in [0.5, 0.6) is 0 Å². The van der Waals surface area contributed by atoms with Crippen molar-refractivity contribution < 1.29 is 23.5 Å². The van der Waals surface area contributed by atoms with Gasteiger partial charge in [0.25, 0.3) is 5.56 Å². The summed E-state index contributed by atoms with van der Waals surface area (Å²) in [5.74, 6) is -2.62. The fraction of sp³-hybridized carbons (Fsp3) is 0.424. The number of nitrogens with zero attached hydrogens (tertiary/aromatic N) is 2. The Morgan fingerprint density at radius 2 is 1.52 bits per heavy atom. The van der Waals surface area contributed by atoms with Gasteiger partial charge in [0.1, 0.15) is 6.54 Å². The molecule has 1 amide bonds. The number of aryl methyl sites for hydroxylation is 4. The van der Waals surface area contributed by atoms with Gasteiger partial charge in [-0.15, -0.1) is 0 Å². The van der Waals surface area contributed by atoms with E-state index in [9.17, 15) is 23.2 Å². The van der Waals surface area contributed by atoms with Crippen LogP contribution in [-0.4, -0.2) is 47.1 Å². The van der Waals surface area contributed by atoms with Crippen molar-refractivity contribution in [3.05, 3.63) is 92.4 Å². The first-order valence-corrected chi connectivity index (χ1v) is 13.9. The van der Waals surface area contributed by atoms with Gasteiger partial charge in [-0.1, -0.05) is 39.0 Å². The summed E-state index contributed by atoms with van der Waals surface area (Å²) in [6, 6.07) is 9.96. The van der Waals surface area contributed by atoms with Gasteiger partial charge in [0.05, 0.1) is 0 Å². The number of carbonyl (C=O) groups is 2. The van der Waals surface area contributed by atoms with E-state index in [0.717, 1.165) is 52.8 Å². The van der Waals surface area contributed by atoms with Gasteiger partial charge in [-0.3, -0.25) is 14.4 Å². The van der Waals surface area contributed by atoms with Crippen LogP contribution in [0.25, 0.3) is 11.1 Å². The number of carboxylic acid groups (broad SMARTS) is 1. The lowest BCUT2D eigenvalue weighted by atomic mass is 9.93.